The average Bonchev–Trinajstić information content (AvgIpc) is 2.67. The van der Waals surface area contributed by atoms with Crippen molar-refractivity contribution in [3.05, 3.63) is 83.4 Å². The molecule has 0 atom stereocenters. The van der Waals surface area contributed by atoms with Crippen LogP contribution in [-0.2, 0) is 0 Å². The second-order valence-corrected chi connectivity index (χ2v) is 5.64. The predicted octanol–water partition coefficient (Wildman–Crippen LogP) is 4.30. The van der Waals surface area contributed by atoms with Gasteiger partial charge >= 0.3 is 5.97 Å². The van der Waals surface area contributed by atoms with E-state index in [0.717, 1.165) is 0 Å². The Balaban J connectivity index is 2.00. The largest absolute Gasteiger partial charge is 0.507 e. The summed E-state index contributed by atoms with van der Waals surface area (Å²) in [6, 6.07) is 17.8. The molecule has 3 aromatic rings. The number of phenols is 2. The number of nitrogens with zero attached hydrogens (tertiary/aromatic N) is 2. The van der Waals surface area contributed by atoms with Crippen molar-refractivity contribution >= 4 is 29.8 Å². The van der Waals surface area contributed by atoms with E-state index >= 15 is 0 Å². The molecule has 3 N–H and O–H groups in total. The van der Waals surface area contributed by atoms with E-state index in [2.05, 4.69) is 9.98 Å². The molecule has 6 nitrogen and oxygen atoms in total. The molecule has 0 spiro atoms. The first-order chi connectivity index (χ1) is 13.0. The zero-order valence-corrected chi connectivity index (χ0v) is 14.1. The molecule has 0 unspecified atom stereocenters. The van der Waals surface area contributed by atoms with Gasteiger partial charge in [0.05, 0.1) is 16.9 Å². The van der Waals surface area contributed by atoms with Gasteiger partial charge in [-0.2, -0.15) is 0 Å². The van der Waals surface area contributed by atoms with E-state index in [9.17, 15) is 20.1 Å². The summed E-state index contributed by atoms with van der Waals surface area (Å²) in [5.41, 5.74) is 1.84. The van der Waals surface area contributed by atoms with Crippen LogP contribution < -0.4 is 0 Å². The molecule has 27 heavy (non-hydrogen) atoms. The molecule has 3 aromatic carbocycles. The molecular weight excluding hydrogens is 344 g/mol. The number of aromatic hydroxyl groups is 2. The smallest absolute Gasteiger partial charge is 0.335 e. The number of rotatable bonds is 5. The van der Waals surface area contributed by atoms with Gasteiger partial charge in [-0.3, -0.25) is 9.98 Å². The number of benzene rings is 3. The lowest BCUT2D eigenvalue weighted by Crippen LogP contribution is -1.95. The normalized spacial score (nSPS) is 11.3. The number of phenolic OH excluding ortho intramolecular Hbond substituents is 2. The molecule has 0 saturated heterocycles. The van der Waals surface area contributed by atoms with Gasteiger partial charge in [-0.25, -0.2) is 4.79 Å². The van der Waals surface area contributed by atoms with E-state index in [-0.39, 0.29) is 17.1 Å². The maximum absolute atomic E-state index is 11.3. The van der Waals surface area contributed by atoms with Crippen LogP contribution in [0.15, 0.2) is 76.7 Å². The minimum atomic E-state index is -1.08. The molecule has 134 valence electrons. The highest BCUT2D eigenvalue weighted by atomic mass is 16.4. The number of hydrogen-bond acceptors (Lipinski definition) is 5. The van der Waals surface area contributed by atoms with E-state index in [1.54, 1.807) is 42.5 Å². The van der Waals surface area contributed by atoms with Crippen LogP contribution in [0.5, 0.6) is 11.5 Å². The molecule has 3 rings (SSSR count). The van der Waals surface area contributed by atoms with Gasteiger partial charge in [-0.05, 0) is 42.5 Å². The molecule has 0 bridgehead atoms. The van der Waals surface area contributed by atoms with Crippen molar-refractivity contribution in [2.45, 2.75) is 0 Å². The van der Waals surface area contributed by atoms with Crippen LogP contribution in [0.3, 0.4) is 0 Å². The van der Waals surface area contributed by atoms with Crippen molar-refractivity contribution in [3.8, 4) is 11.5 Å². The van der Waals surface area contributed by atoms with E-state index in [1.807, 2.05) is 0 Å². The van der Waals surface area contributed by atoms with Gasteiger partial charge in [-0.1, -0.05) is 24.3 Å². The molecule has 0 aliphatic heterocycles. The Bertz CT molecular complexity index is 1040. The zero-order chi connectivity index (χ0) is 19.2. The number of hydrogen-bond donors (Lipinski definition) is 3. The highest BCUT2D eigenvalue weighted by Gasteiger charge is 2.08. The monoisotopic (exact) mass is 360 g/mol. The summed E-state index contributed by atoms with van der Waals surface area (Å²) in [5.74, 6) is -0.928. The van der Waals surface area contributed by atoms with E-state index in [1.165, 1.54) is 36.7 Å². The summed E-state index contributed by atoms with van der Waals surface area (Å²) in [6.45, 7) is 0. The third-order valence-electron chi connectivity index (χ3n) is 3.78. The van der Waals surface area contributed by atoms with Crippen LogP contribution >= 0.6 is 0 Å². The molecule has 0 amide bonds. The van der Waals surface area contributed by atoms with Crippen LogP contribution in [0, 0.1) is 0 Å². The summed E-state index contributed by atoms with van der Waals surface area (Å²) in [7, 11) is 0. The van der Waals surface area contributed by atoms with Gasteiger partial charge in [0.2, 0.25) is 0 Å². The lowest BCUT2D eigenvalue weighted by Gasteiger charge is -2.04. The second-order valence-electron chi connectivity index (χ2n) is 5.64. The molecular formula is C21H16N2O4. The van der Waals surface area contributed by atoms with Gasteiger partial charge in [0.25, 0.3) is 0 Å². The van der Waals surface area contributed by atoms with Crippen molar-refractivity contribution < 1.29 is 20.1 Å². The Kier molecular flexibility index (Phi) is 5.28. The van der Waals surface area contributed by atoms with Crippen LogP contribution in [0.4, 0.5) is 11.4 Å². The highest BCUT2D eigenvalue weighted by Crippen LogP contribution is 2.30. The topological polar surface area (TPSA) is 102 Å². The van der Waals surface area contributed by atoms with Gasteiger partial charge in [-0.15, -0.1) is 0 Å². The van der Waals surface area contributed by atoms with E-state index in [0.29, 0.717) is 22.5 Å². The van der Waals surface area contributed by atoms with Crippen LogP contribution in [0.2, 0.25) is 0 Å². The Morgan fingerprint density at radius 1 is 0.741 bits per heavy atom. The number of carbonyl (C=O) groups is 1. The fourth-order valence-corrected chi connectivity index (χ4v) is 2.34. The maximum Gasteiger partial charge on any atom is 0.335 e. The van der Waals surface area contributed by atoms with E-state index < -0.39 is 5.97 Å². The molecule has 0 aliphatic rings. The number of carboxylic acids is 1. The van der Waals surface area contributed by atoms with Crippen LogP contribution in [0.25, 0.3) is 0 Å². The minimum Gasteiger partial charge on any atom is -0.507 e. The lowest BCUT2D eigenvalue weighted by molar-refractivity contribution is 0.0697. The minimum absolute atomic E-state index is 0.0647. The van der Waals surface area contributed by atoms with Gasteiger partial charge in [0, 0.05) is 23.6 Å². The molecule has 0 radical (unpaired) electrons. The highest BCUT2D eigenvalue weighted by molar-refractivity contribution is 5.93. The summed E-state index contributed by atoms with van der Waals surface area (Å²) in [4.78, 5) is 19.9. The fraction of sp³-hybridized carbons (Fsp3) is 0. The van der Waals surface area contributed by atoms with Crippen molar-refractivity contribution in [1.29, 1.82) is 0 Å². The first-order valence-electron chi connectivity index (χ1n) is 8.06. The van der Waals surface area contributed by atoms with Gasteiger partial charge in [0.15, 0.2) is 0 Å². The zero-order valence-electron chi connectivity index (χ0n) is 14.1. The number of aromatic carboxylic acids is 1. The number of aliphatic imine (C=N–C) groups is 2. The van der Waals surface area contributed by atoms with Crippen molar-refractivity contribution in [3.63, 3.8) is 0 Å². The Hall–Kier alpha value is -3.93. The molecule has 0 saturated carbocycles. The summed E-state index contributed by atoms with van der Waals surface area (Å²) in [5, 5.41) is 28.9. The fourth-order valence-electron chi connectivity index (χ4n) is 2.34. The van der Waals surface area contributed by atoms with Gasteiger partial charge < -0.3 is 15.3 Å². The third kappa shape index (κ3) is 4.38. The standard InChI is InChI=1S/C21H16N2O4/c24-19-7-3-1-5-15(19)12-22-17-10-9-14(21(26)27)11-18(17)23-13-16-6-2-4-8-20(16)25/h1-13,24-25H,(H,26,27). The summed E-state index contributed by atoms with van der Waals surface area (Å²) >= 11 is 0. The molecule has 0 heterocycles. The Morgan fingerprint density at radius 2 is 1.26 bits per heavy atom. The molecule has 0 aliphatic carbocycles. The average molecular weight is 360 g/mol. The quantitative estimate of drug-likeness (QED) is 0.590. The predicted molar refractivity (Wildman–Crippen MR) is 104 cm³/mol. The molecule has 6 heteroatoms. The summed E-state index contributed by atoms with van der Waals surface area (Å²) in [6.07, 6.45) is 2.92. The van der Waals surface area contributed by atoms with Gasteiger partial charge in [0.1, 0.15) is 11.5 Å². The first kappa shape index (κ1) is 17.9. The van der Waals surface area contributed by atoms with Crippen molar-refractivity contribution in [1.82, 2.24) is 0 Å². The molecule has 0 aromatic heterocycles. The van der Waals surface area contributed by atoms with Crippen LogP contribution in [0.1, 0.15) is 21.5 Å². The van der Waals surface area contributed by atoms with Crippen LogP contribution in [-0.4, -0.2) is 33.7 Å². The van der Waals surface area contributed by atoms with Crippen molar-refractivity contribution in [2.24, 2.45) is 9.98 Å². The Morgan fingerprint density at radius 3 is 1.78 bits per heavy atom. The Labute approximate surface area is 155 Å². The summed E-state index contributed by atoms with van der Waals surface area (Å²) < 4.78 is 0. The van der Waals surface area contributed by atoms with E-state index in [4.69, 9.17) is 0 Å². The third-order valence-corrected chi connectivity index (χ3v) is 3.78. The van der Waals surface area contributed by atoms with Crippen molar-refractivity contribution in [2.75, 3.05) is 0 Å². The number of para-hydroxylation sites is 2. The first-order valence-corrected chi connectivity index (χ1v) is 8.06. The molecule has 0 fully saturated rings. The number of carboxylic acid groups (broad SMARTS) is 1. The maximum atomic E-state index is 11.3. The second kappa shape index (κ2) is 7.97. The lowest BCUT2D eigenvalue weighted by atomic mass is 10.1. The SMILES string of the molecule is O=C(O)c1ccc(N=Cc2ccccc2O)c(N=Cc2ccccc2O)c1.